The highest BCUT2D eigenvalue weighted by atomic mass is 16.5. The number of hydrogen-bond acceptors (Lipinski definition) is 7. The van der Waals surface area contributed by atoms with Crippen molar-refractivity contribution in [3.05, 3.63) is 180 Å². The van der Waals surface area contributed by atoms with Crippen molar-refractivity contribution >= 4 is 0 Å². The SMILES string of the molecule is OC(CNC1c2ccccc2Oc2cc(-c3cccc(CN(Cc4ccccc4)CC(O)COc4ccccc4)c3)ccc21)COc1ccccc1. The summed E-state index contributed by atoms with van der Waals surface area (Å²) in [5.41, 5.74) is 6.47. The molecule has 1 heterocycles. The van der Waals surface area contributed by atoms with Crippen molar-refractivity contribution in [1.82, 2.24) is 10.2 Å². The summed E-state index contributed by atoms with van der Waals surface area (Å²) >= 11 is 0. The van der Waals surface area contributed by atoms with Gasteiger partial charge in [0.25, 0.3) is 0 Å². The number of fused-ring (bicyclic) bond motifs is 2. The van der Waals surface area contributed by atoms with E-state index in [1.54, 1.807) is 0 Å². The molecule has 3 atom stereocenters. The third-order valence-electron chi connectivity index (χ3n) is 9.09. The molecule has 0 fully saturated rings. The highest BCUT2D eigenvalue weighted by molar-refractivity contribution is 5.68. The minimum absolute atomic E-state index is 0.157. The number of benzene rings is 6. The highest BCUT2D eigenvalue weighted by Gasteiger charge is 2.28. The molecule has 6 aromatic rings. The number of hydrogen-bond donors (Lipinski definition) is 3. The molecule has 0 bridgehead atoms. The van der Waals surface area contributed by atoms with Crippen LogP contribution in [0.2, 0.25) is 0 Å². The molecule has 3 unspecified atom stereocenters. The molecule has 0 saturated carbocycles. The number of para-hydroxylation sites is 3. The minimum Gasteiger partial charge on any atom is -0.491 e. The molecule has 0 saturated heterocycles. The Morgan fingerprint density at radius 3 is 1.87 bits per heavy atom. The molecule has 1 aliphatic heterocycles. The number of rotatable bonds is 16. The fourth-order valence-corrected chi connectivity index (χ4v) is 6.57. The first-order valence-corrected chi connectivity index (χ1v) is 17.8. The number of ether oxygens (including phenoxy) is 3. The molecule has 0 radical (unpaired) electrons. The Morgan fingerprint density at radius 1 is 0.558 bits per heavy atom. The molecule has 7 nitrogen and oxygen atoms in total. The van der Waals surface area contributed by atoms with Gasteiger partial charge < -0.3 is 29.7 Å². The normalized spacial score (nSPS) is 14.5. The van der Waals surface area contributed by atoms with Gasteiger partial charge in [0.15, 0.2) is 0 Å². The Balaban J connectivity index is 1.06. The summed E-state index contributed by atoms with van der Waals surface area (Å²) in [6.45, 7) is 2.56. The van der Waals surface area contributed by atoms with Gasteiger partial charge in [0.2, 0.25) is 0 Å². The maximum absolute atomic E-state index is 11.0. The highest BCUT2D eigenvalue weighted by Crippen LogP contribution is 2.44. The van der Waals surface area contributed by atoms with Crippen LogP contribution in [0.4, 0.5) is 0 Å². The van der Waals surface area contributed by atoms with Crippen LogP contribution in [0.5, 0.6) is 23.0 Å². The van der Waals surface area contributed by atoms with Gasteiger partial charge in [-0.1, -0.05) is 115 Å². The Morgan fingerprint density at radius 2 is 1.13 bits per heavy atom. The van der Waals surface area contributed by atoms with E-state index in [0.29, 0.717) is 26.2 Å². The van der Waals surface area contributed by atoms with Crippen LogP contribution in [0.1, 0.15) is 28.3 Å². The van der Waals surface area contributed by atoms with E-state index < -0.39 is 12.2 Å². The fraction of sp³-hybridized carbons (Fsp3) is 0.200. The monoisotopic (exact) mass is 692 g/mol. The zero-order valence-electron chi connectivity index (χ0n) is 29.1. The van der Waals surface area contributed by atoms with Gasteiger partial charge >= 0.3 is 0 Å². The number of nitrogens with one attached hydrogen (secondary N) is 1. The van der Waals surface area contributed by atoms with Crippen molar-refractivity contribution in [2.75, 3.05) is 26.3 Å². The Hall–Kier alpha value is -5.44. The van der Waals surface area contributed by atoms with Crippen LogP contribution in [0, 0.1) is 0 Å². The molecule has 6 aromatic carbocycles. The second kappa shape index (κ2) is 17.2. The molecular weight excluding hydrogens is 649 g/mol. The molecule has 0 spiro atoms. The van der Waals surface area contributed by atoms with Crippen LogP contribution in [0.3, 0.4) is 0 Å². The minimum atomic E-state index is -0.695. The van der Waals surface area contributed by atoms with E-state index in [2.05, 4.69) is 70.9 Å². The molecular formula is C45H44N2O5. The van der Waals surface area contributed by atoms with E-state index in [1.165, 1.54) is 5.56 Å². The van der Waals surface area contributed by atoms with Crippen LogP contribution in [0.15, 0.2) is 158 Å². The maximum atomic E-state index is 11.0. The molecule has 0 aliphatic carbocycles. The molecule has 0 amide bonds. The van der Waals surface area contributed by atoms with Gasteiger partial charge in [-0.25, -0.2) is 0 Å². The lowest BCUT2D eigenvalue weighted by atomic mass is 9.92. The quantitative estimate of drug-likeness (QED) is 0.0948. The third-order valence-corrected chi connectivity index (χ3v) is 9.09. The van der Waals surface area contributed by atoms with Crippen molar-refractivity contribution in [3.8, 4) is 34.1 Å². The molecule has 1 aliphatic rings. The Kier molecular flexibility index (Phi) is 11.6. The first kappa shape index (κ1) is 35.0. The number of aliphatic hydroxyl groups is 2. The van der Waals surface area contributed by atoms with Crippen LogP contribution < -0.4 is 19.5 Å². The molecule has 264 valence electrons. The predicted octanol–water partition coefficient (Wildman–Crippen LogP) is 8.02. The average Bonchev–Trinajstić information content (AvgIpc) is 3.19. The zero-order chi connectivity index (χ0) is 35.5. The lowest BCUT2D eigenvalue weighted by Crippen LogP contribution is -2.35. The van der Waals surface area contributed by atoms with E-state index in [4.69, 9.17) is 14.2 Å². The van der Waals surface area contributed by atoms with Crippen molar-refractivity contribution in [2.24, 2.45) is 0 Å². The van der Waals surface area contributed by atoms with Gasteiger partial charge in [-0.2, -0.15) is 0 Å². The summed E-state index contributed by atoms with van der Waals surface area (Å²) in [7, 11) is 0. The van der Waals surface area contributed by atoms with Crippen molar-refractivity contribution in [2.45, 2.75) is 31.3 Å². The lowest BCUT2D eigenvalue weighted by Gasteiger charge is -2.30. The smallest absolute Gasteiger partial charge is 0.133 e. The average molecular weight is 693 g/mol. The Labute approximate surface area is 305 Å². The van der Waals surface area contributed by atoms with Crippen molar-refractivity contribution in [3.63, 3.8) is 0 Å². The van der Waals surface area contributed by atoms with Crippen LogP contribution >= 0.6 is 0 Å². The van der Waals surface area contributed by atoms with Gasteiger partial charge in [-0.3, -0.25) is 4.90 Å². The van der Waals surface area contributed by atoms with Gasteiger partial charge in [-0.05, 0) is 64.7 Å². The maximum Gasteiger partial charge on any atom is 0.133 e. The fourth-order valence-electron chi connectivity index (χ4n) is 6.57. The van der Waals surface area contributed by atoms with E-state index in [0.717, 1.165) is 50.8 Å². The second-order valence-electron chi connectivity index (χ2n) is 13.1. The summed E-state index contributed by atoms with van der Waals surface area (Å²) in [5, 5.41) is 25.4. The summed E-state index contributed by atoms with van der Waals surface area (Å²) in [5.74, 6) is 3.05. The van der Waals surface area contributed by atoms with Crippen LogP contribution in [-0.2, 0) is 13.1 Å². The van der Waals surface area contributed by atoms with Gasteiger partial charge in [-0.15, -0.1) is 0 Å². The van der Waals surface area contributed by atoms with Crippen molar-refractivity contribution < 1.29 is 24.4 Å². The lowest BCUT2D eigenvalue weighted by molar-refractivity contribution is 0.0628. The third kappa shape index (κ3) is 9.26. The van der Waals surface area contributed by atoms with Crippen LogP contribution in [-0.4, -0.2) is 53.6 Å². The van der Waals surface area contributed by atoms with E-state index in [1.807, 2.05) is 97.1 Å². The number of nitrogens with zero attached hydrogens (tertiary/aromatic N) is 1. The van der Waals surface area contributed by atoms with E-state index >= 15 is 0 Å². The van der Waals surface area contributed by atoms with Gasteiger partial charge in [0, 0.05) is 37.3 Å². The molecule has 7 rings (SSSR count). The topological polar surface area (TPSA) is 83.4 Å². The standard InChI is InChI=1S/C45H44N2O5/c48-37(31-50-39-17-6-2-7-18-39)27-46-45-41-21-10-11-22-43(41)52-44-26-36(23-24-42(44)45)35-16-12-15-34(25-35)29-47(28-33-13-4-1-5-14-33)30-38(49)32-51-40-19-8-3-9-20-40/h1-26,37-38,45-46,48-49H,27-32H2. The summed E-state index contributed by atoms with van der Waals surface area (Å²) < 4.78 is 18.1. The van der Waals surface area contributed by atoms with Gasteiger partial charge in [0.1, 0.15) is 48.4 Å². The zero-order valence-corrected chi connectivity index (χ0v) is 29.1. The van der Waals surface area contributed by atoms with Gasteiger partial charge in [0.05, 0.1) is 6.04 Å². The molecule has 3 N–H and O–H groups in total. The van der Waals surface area contributed by atoms with Crippen molar-refractivity contribution in [1.29, 1.82) is 0 Å². The molecule has 52 heavy (non-hydrogen) atoms. The second-order valence-corrected chi connectivity index (χ2v) is 13.1. The van der Waals surface area contributed by atoms with Crippen LogP contribution in [0.25, 0.3) is 11.1 Å². The first-order chi connectivity index (χ1) is 25.6. The predicted molar refractivity (Wildman–Crippen MR) is 205 cm³/mol. The number of aliphatic hydroxyl groups excluding tert-OH is 2. The van der Waals surface area contributed by atoms with E-state index in [-0.39, 0.29) is 19.3 Å². The summed E-state index contributed by atoms with van der Waals surface area (Å²) in [4.78, 5) is 2.26. The molecule has 0 aromatic heterocycles. The first-order valence-electron chi connectivity index (χ1n) is 17.8. The Bertz CT molecular complexity index is 2010. The van der Waals surface area contributed by atoms with E-state index in [9.17, 15) is 10.2 Å². The molecule has 7 heteroatoms. The largest absolute Gasteiger partial charge is 0.491 e. The summed E-state index contributed by atoms with van der Waals surface area (Å²) in [6.07, 6.45) is -1.36. The summed E-state index contributed by atoms with van der Waals surface area (Å²) in [6, 6.07) is 52.2.